The summed E-state index contributed by atoms with van der Waals surface area (Å²) in [6.07, 6.45) is 10.2. The van der Waals surface area contributed by atoms with E-state index in [4.69, 9.17) is 4.98 Å². The Hall–Kier alpha value is -4.66. The first kappa shape index (κ1) is 23.1. The van der Waals surface area contributed by atoms with Gasteiger partial charge in [0, 0.05) is 60.8 Å². The van der Waals surface area contributed by atoms with Gasteiger partial charge in [0.2, 0.25) is 0 Å². The van der Waals surface area contributed by atoms with Crippen LogP contribution in [0.15, 0.2) is 73.8 Å². The number of hydrogen-bond acceptors (Lipinski definition) is 7. The van der Waals surface area contributed by atoms with Crippen LogP contribution < -0.4 is 10.6 Å². The molecule has 36 heavy (non-hydrogen) atoms. The Balaban J connectivity index is 1.43. The number of imidazole rings is 1. The summed E-state index contributed by atoms with van der Waals surface area (Å²) in [6, 6.07) is 11.8. The molecular weight excluding hydrogens is 452 g/mol. The van der Waals surface area contributed by atoms with Crippen LogP contribution in [-0.2, 0) is 0 Å². The molecule has 0 fully saturated rings. The van der Waals surface area contributed by atoms with Crippen LogP contribution in [0.5, 0.6) is 0 Å². The van der Waals surface area contributed by atoms with Crippen LogP contribution in [0, 0.1) is 6.92 Å². The van der Waals surface area contributed by atoms with Gasteiger partial charge in [-0.3, -0.25) is 14.8 Å². The molecule has 0 radical (unpaired) electrons. The molecule has 0 bridgehead atoms. The van der Waals surface area contributed by atoms with E-state index in [1.165, 1.54) is 0 Å². The number of para-hydroxylation sites is 1. The molecule has 9 heteroatoms. The average molecular weight is 479 g/mol. The topological polar surface area (TPSA) is 111 Å². The number of benzene rings is 1. The normalized spacial score (nSPS) is 11.9. The van der Waals surface area contributed by atoms with Crippen molar-refractivity contribution >= 4 is 22.6 Å². The zero-order valence-corrected chi connectivity index (χ0v) is 20.3. The Bertz CT molecular complexity index is 1510. The number of aromatic nitrogens is 6. The lowest BCUT2D eigenvalue weighted by Gasteiger charge is -2.18. The van der Waals surface area contributed by atoms with Crippen molar-refractivity contribution in [3.05, 3.63) is 90.7 Å². The second-order valence-corrected chi connectivity index (χ2v) is 8.57. The number of fused-ring (bicyclic) bond motifs is 1. The average Bonchev–Trinajstić information content (AvgIpc) is 3.46. The van der Waals surface area contributed by atoms with Gasteiger partial charge >= 0.3 is 0 Å². The van der Waals surface area contributed by atoms with Gasteiger partial charge in [-0.25, -0.2) is 15.0 Å². The Morgan fingerprint density at radius 3 is 2.72 bits per heavy atom. The lowest BCUT2D eigenvalue weighted by atomic mass is 9.95. The van der Waals surface area contributed by atoms with Gasteiger partial charge in [-0.1, -0.05) is 25.1 Å². The van der Waals surface area contributed by atoms with Crippen molar-refractivity contribution in [3.8, 4) is 16.9 Å². The molecule has 0 saturated heterocycles. The fourth-order valence-corrected chi connectivity index (χ4v) is 4.19. The summed E-state index contributed by atoms with van der Waals surface area (Å²) in [4.78, 5) is 34.9. The highest BCUT2D eigenvalue weighted by molar-refractivity contribution is 6.09. The molecule has 0 aliphatic heterocycles. The number of pyridine rings is 2. The minimum Gasteiger partial charge on any atom is -0.369 e. The van der Waals surface area contributed by atoms with Crippen LogP contribution in [-0.4, -0.2) is 49.0 Å². The van der Waals surface area contributed by atoms with E-state index in [0.717, 1.165) is 39.2 Å². The molecule has 0 spiro atoms. The highest BCUT2D eigenvalue weighted by atomic mass is 16.1. The maximum atomic E-state index is 12.9. The van der Waals surface area contributed by atoms with Gasteiger partial charge in [0.25, 0.3) is 5.91 Å². The van der Waals surface area contributed by atoms with Crippen LogP contribution in [0.1, 0.15) is 34.5 Å². The number of aryl methyl sites for hydroxylation is 1. The molecule has 1 atom stereocenters. The number of nitrogens with zero attached hydrogens (tertiary/aromatic N) is 6. The molecule has 9 nitrogen and oxygen atoms in total. The van der Waals surface area contributed by atoms with Crippen molar-refractivity contribution in [2.24, 2.45) is 0 Å². The molecule has 0 unspecified atom stereocenters. The molecular formula is C27H26N8O. The molecule has 0 aliphatic carbocycles. The number of carbonyl (C=O) groups excluding carboxylic acids is 1. The van der Waals surface area contributed by atoms with E-state index in [0.29, 0.717) is 17.8 Å². The third-order valence-electron chi connectivity index (χ3n) is 6.14. The lowest BCUT2D eigenvalue weighted by Crippen LogP contribution is -2.21. The molecule has 4 aromatic heterocycles. The minimum atomic E-state index is -0.173. The van der Waals surface area contributed by atoms with Gasteiger partial charge in [-0.2, -0.15) is 0 Å². The minimum absolute atomic E-state index is 0.0947. The summed E-state index contributed by atoms with van der Waals surface area (Å²) < 4.78 is 1.80. The predicted molar refractivity (Wildman–Crippen MR) is 139 cm³/mol. The number of hydrogen-bond donors (Lipinski definition) is 2. The largest absolute Gasteiger partial charge is 0.369 e. The number of nitrogens with one attached hydrogen (secondary N) is 2. The fraction of sp³-hybridized carbons (Fsp3) is 0.185. The van der Waals surface area contributed by atoms with Crippen molar-refractivity contribution in [1.82, 2.24) is 34.8 Å². The van der Waals surface area contributed by atoms with Crippen molar-refractivity contribution in [3.63, 3.8) is 0 Å². The van der Waals surface area contributed by atoms with Gasteiger partial charge < -0.3 is 15.2 Å². The lowest BCUT2D eigenvalue weighted by molar-refractivity contribution is 0.0964. The second-order valence-electron chi connectivity index (χ2n) is 8.57. The van der Waals surface area contributed by atoms with Crippen molar-refractivity contribution < 1.29 is 4.79 Å². The van der Waals surface area contributed by atoms with E-state index in [1.807, 2.05) is 43.5 Å². The van der Waals surface area contributed by atoms with E-state index < -0.39 is 0 Å². The standard InChI is InChI=1S/C27H26N8O/c1-17(12-31-24-11-22(33-15-34-24)19-8-7-18(2)30-13-19)20-5-4-6-21-25(27(36)28-3)23(14-32-26(20)21)35-10-9-29-16-35/h4-11,13-17H,12H2,1-3H3,(H,28,36)(H,31,33,34)/t17-/m1/s1. The van der Waals surface area contributed by atoms with E-state index in [2.05, 4.69) is 43.6 Å². The predicted octanol–water partition coefficient (Wildman–Crippen LogP) is 4.16. The Kier molecular flexibility index (Phi) is 6.36. The van der Waals surface area contributed by atoms with Gasteiger partial charge in [0.15, 0.2) is 0 Å². The third-order valence-corrected chi connectivity index (χ3v) is 6.14. The number of rotatable bonds is 7. The molecule has 0 saturated carbocycles. The zero-order chi connectivity index (χ0) is 25.1. The van der Waals surface area contributed by atoms with E-state index >= 15 is 0 Å². The third kappa shape index (κ3) is 4.50. The van der Waals surface area contributed by atoms with Gasteiger partial charge in [-0.05, 0) is 24.6 Å². The molecule has 180 valence electrons. The van der Waals surface area contributed by atoms with Crippen molar-refractivity contribution in [2.45, 2.75) is 19.8 Å². The van der Waals surface area contributed by atoms with Crippen LogP contribution >= 0.6 is 0 Å². The first-order chi connectivity index (χ1) is 17.5. The molecule has 4 heterocycles. The molecule has 1 amide bonds. The summed E-state index contributed by atoms with van der Waals surface area (Å²) in [7, 11) is 1.63. The quantitative estimate of drug-likeness (QED) is 0.361. The Morgan fingerprint density at radius 2 is 1.97 bits per heavy atom. The van der Waals surface area contributed by atoms with Crippen molar-refractivity contribution in [1.29, 1.82) is 0 Å². The Morgan fingerprint density at radius 1 is 1.08 bits per heavy atom. The van der Waals surface area contributed by atoms with Crippen LogP contribution in [0.3, 0.4) is 0 Å². The summed E-state index contributed by atoms with van der Waals surface area (Å²) in [5.41, 5.74) is 5.79. The molecule has 0 aliphatic rings. The molecule has 5 aromatic rings. The van der Waals surface area contributed by atoms with Crippen molar-refractivity contribution in [2.75, 3.05) is 18.9 Å². The monoisotopic (exact) mass is 478 g/mol. The van der Waals surface area contributed by atoms with Crippen LogP contribution in [0.2, 0.25) is 0 Å². The number of carbonyl (C=O) groups is 1. The summed E-state index contributed by atoms with van der Waals surface area (Å²) in [5, 5.41) is 6.97. The summed E-state index contributed by atoms with van der Waals surface area (Å²) >= 11 is 0. The number of anilines is 1. The smallest absolute Gasteiger partial charge is 0.253 e. The maximum Gasteiger partial charge on any atom is 0.253 e. The van der Waals surface area contributed by atoms with Gasteiger partial charge in [-0.15, -0.1) is 0 Å². The second kappa shape index (κ2) is 9.91. The maximum absolute atomic E-state index is 12.9. The zero-order valence-electron chi connectivity index (χ0n) is 20.3. The van der Waals surface area contributed by atoms with E-state index in [1.54, 1.807) is 42.9 Å². The van der Waals surface area contributed by atoms with Gasteiger partial charge in [0.05, 0.1) is 35.0 Å². The first-order valence-electron chi connectivity index (χ1n) is 11.7. The SMILES string of the molecule is CNC(=O)c1c(-n2ccnc2)cnc2c([C@H](C)CNc3cc(-c4ccc(C)nc4)ncn3)cccc12. The highest BCUT2D eigenvalue weighted by Crippen LogP contribution is 2.30. The summed E-state index contributed by atoms with van der Waals surface area (Å²) in [6.45, 7) is 4.71. The Labute approximate surface area is 208 Å². The van der Waals surface area contributed by atoms with Crippen LogP contribution in [0.4, 0.5) is 5.82 Å². The van der Waals surface area contributed by atoms with E-state index in [-0.39, 0.29) is 11.8 Å². The van der Waals surface area contributed by atoms with E-state index in [9.17, 15) is 4.79 Å². The fourth-order valence-electron chi connectivity index (χ4n) is 4.19. The first-order valence-corrected chi connectivity index (χ1v) is 11.7. The molecule has 2 N–H and O–H groups in total. The van der Waals surface area contributed by atoms with Crippen LogP contribution in [0.25, 0.3) is 27.8 Å². The number of amides is 1. The summed E-state index contributed by atoms with van der Waals surface area (Å²) in [5.74, 6) is 0.652. The molecule has 1 aromatic carbocycles. The highest BCUT2D eigenvalue weighted by Gasteiger charge is 2.20. The van der Waals surface area contributed by atoms with Gasteiger partial charge in [0.1, 0.15) is 12.1 Å². The molecule has 5 rings (SSSR count).